The van der Waals surface area contributed by atoms with Crippen LogP contribution in [0.2, 0.25) is 0 Å². The number of ether oxygens (including phenoxy) is 1. The maximum Gasteiger partial charge on any atom is 0.267 e. The second-order valence-corrected chi connectivity index (χ2v) is 7.75. The van der Waals surface area contributed by atoms with Gasteiger partial charge in [-0.25, -0.2) is 4.99 Å². The zero-order chi connectivity index (χ0) is 19.9. The summed E-state index contributed by atoms with van der Waals surface area (Å²) < 4.78 is 5.43. The summed E-state index contributed by atoms with van der Waals surface area (Å²) in [5.41, 5.74) is 1.94. The molecule has 1 amide bonds. The van der Waals surface area contributed by atoms with Gasteiger partial charge >= 0.3 is 0 Å². The van der Waals surface area contributed by atoms with Gasteiger partial charge in [0.25, 0.3) is 5.91 Å². The maximum atomic E-state index is 13.1. The van der Waals surface area contributed by atoms with Gasteiger partial charge in [0.15, 0.2) is 5.17 Å². The number of para-hydroxylation sites is 1. The lowest BCUT2D eigenvalue weighted by atomic mass is 10.2. The van der Waals surface area contributed by atoms with E-state index in [0.717, 1.165) is 24.3 Å². The number of benzene rings is 2. The molecule has 2 aliphatic heterocycles. The molecule has 2 fully saturated rings. The average molecular weight is 406 g/mol. The number of hydrogen-bond acceptors (Lipinski definition) is 5. The van der Waals surface area contributed by atoms with Crippen molar-refractivity contribution in [2.75, 3.05) is 33.0 Å². The molecule has 0 aliphatic carbocycles. The minimum atomic E-state index is -0.00566. The number of amidine groups is 1. The largest absolute Gasteiger partial charge is 0.379 e. The summed E-state index contributed by atoms with van der Waals surface area (Å²) >= 11 is 1.42. The van der Waals surface area contributed by atoms with Crippen LogP contribution < -0.4 is 0 Å². The van der Waals surface area contributed by atoms with E-state index in [2.05, 4.69) is 4.90 Å². The molecule has 2 aromatic carbocycles. The molecular formula is C23H23N3O2S. The molecule has 0 unspecified atom stereocenters. The molecule has 0 bridgehead atoms. The van der Waals surface area contributed by atoms with Crippen LogP contribution in [0.4, 0.5) is 5.69 Å². The third-order valence-electron chi connectivity index (χ3n) is 4.65. The van der Waals surface area contributed by atoms with Crippen molar-refractivity contribution in [3.63, 3.8) is 0 Å². The van der Waals surface area contributed by atoms with E-state index in [4.69, 9.17) is 9.73 Å². The van der Waals surface area contributed by atoms with Crippen LogP contribution in [0, 0.1) is 0 Å². The van der Waals surface area contributed by atoms with E-state index in [0.29, 0.717) is 30.0 Å². The van der Waals surface area contributed by atoms with Crippen LogP contribution in [0.1, 0.15) is 5.56 Å². The fourth-order valence-corrected chi connectivity index (χ4v) is 4.04. The van der Waals surface area contributed by atoms with Crippen molar-refractivity contribution in [2.24, 2.45) is 4.99 Å². The first-order valence-electron chi connectivity index (χ1n) is 9.66. The van der Waals surface area contributed by atoms with Crippen molar-refractivity contribution in [1.29, 1.82) is 0 Å². The highest BCUT2D eigenvalue weighted by molar-refractivity contribution is 8.18. The third kappa shape index (κ3) is 5.23. The standard InChI is InChI=1S/C23H23N3O2S/c27-22-21(13-7-10-19-8-3-1-4-9-19)29-23(24-20-11-5-2-6-12-20)26(22)18-25-14-16-28-17-15-25/h1-13H,14-18H2. The van der Waals surface area contributed by atoms with Gasteiger partial charge in [-0.05, 0) is 35.5 Å². The SMILES string of the molecule is O=C1C(=CC=Cc2ccccc2)SC(=Nc2ccccc2)N1CN1CCOCC1. The van der Waals surface area contributed by atoms with Gasteiger partial charge in [0.1, 0.15) is 0 Å². The van der Waals surface area contributed by atoms with Gasteiger partial charge in [-0.3, -0.25) is 14.6 Å². The highest BCUT2D eigenvalue weighted by Crippen LogP contribution is 2.33. The van der Waals surface area contributed by atoms with Crippen LogP contribution in [-0.4, -0.2) is 53.8 Å². The van der Waals surface area contributed by atoms with Crippen molar-refractivity contribution in [2.45, 2.75) is 0 Å². The lowest BCUT2D eigenvalue weighted by molar-refractivity contribution is -0.124. The van der Waals surface area contributed by atoms with Gasteiger partial charge in [-0.2, -0.15) is 0 Å². The number of allylic oxidation sites excluding steroid dienone is 2. The second kappa shape index (κ2) is 9.69. The highest BCUT2D eigenvalue weighted by atomic mass is 32.2. The Hall–Kier alpha value is -2.67. The molecule has 0 saturated carbocycles. The van der Waals surface area contributed by atoms with Gasteiger partial charge < -0.3 is 4.74 Å². The average Bonchev–Trinajstić information content (AvgIpc) is 3.05. The molecule has 0 spiro atoms. The lowest BCUT2D eigenvalue weighted by Crippen LogP contribution is -2.45. The number of carbonyl (C=O) groups is 1. The van der Waals surface area contributed by atoms with E-state index in [1.54, 1.807) is 4.90 Å². The van der Waals surface area contributed by atoms with Gasteiger partial charge in [0.2, 0.25) is 0 Å². The summed E-state index contributed by atoms with van der Waals surface area (Å²) in [7, 11) is 0. The Bertz CT molecular complexity index is 920. The molecule has 0 N–H and O–H groups in total. The summed E-state index contributed by atoms with van der Waals surface area (Å²) in [6.45, 7) is 3.56. The molecule has 6 heteroatoms. The summed E-state index contributed by atoms with van der Waals surface area (Å²) in [6, 6.07) is 19.8. The van der Waals surface area contributed by atoms with E-state index < -0.39 is 0 Å². The second-order valence-electron chi connectivity index (χ2n) is 6.74. The molecule has 2 aromatic rings. The summed E-state index contributed by atoms with van der Waals surface area (Å²) in [4.78, 5) is 22.5. The lowest BCUT2D eigenvalue weighted by Gasteiger charge is -2.30. The fraction of sp³-hybridized carbons (Fsp3) is 0.217. The van der Waals surface area contributed by atoms with E-state index in [9.17, 15) is 4.79 Å². The Morgan fingerprint density at radius 2 is 1.69 bits per heavy atom. The van der Waals surface area contributed by atoms with Crippen LogP contribution in [0.25, 0.3) is 6.08 Å². The summed E-state index contributed by atoms with van der Waals surface area (Å²) in [5.74, 6) is -0.00566. The molecule has 0 atom stereocenters. The number of nitrogens with zero attached hydrogens (tertiary/aromatic N) is 3. The minimum Gasteiger partial charge on any atom is -0.379 e. The van der Waals surface area contributed by atoms with E-state index >= 15 is 0 Å². The molecule has 29 heavy (non-hydrogen) atoms. The highest BCUT2D eigenvalue weighted by Gasteiger charge is 2.34. The predicted molar refractivity (Wildman–Crippen MR) is 119 cm³/mol. The number of carbonyl (C=O) groups excluding carboxylic acids is 1. The number of thioether (sulfide) groups is 1. The topological polar surface area (TPSA) is 45.1 Å². The Labute approximate surface area is 175 Å². The Balaban J connectivity index is 1.56. The van der Waals surface area contributed by atoms with E-state index in [1.165, 1.54) is 11.8 Å². The van der Waals surface area contributed by atoms with Crippen molar-refractivity contribution in [3.05, 3.63) is 83.3 Å². The number of aliphatic imine (C=N–C) groups is 1. The summed E-state index contributed by atoms with van der Waals surface area (Å²) in [5, 5.41) is 0.715. The quantitative estimate of drug-likeness (QED) is 0.702. The zero-order valence-corrected chi connectivity index (χ0v) is 16.9. The van der Waals surface area contributed by atoms with Crippen LogP contribution in [0.15, 0.2) is 82.7 Å². The van der Waals surface area contributed by atoms with E-state index in [-0.39, 0.29) is 5.91 Å². The fourth-order valence-electron chi connectivity index (χ4n) is 3.10. The van der Waals surface area contributed by atoms with Crippen molar-refractivity contribution in [3.8, 4) is 0 Å². The molecule has 0 aromatic heterocycles. The first-order valence-corrected chi connectivity index (χ1v) is 10.5. The van der Waals surface area contributed by atoms with Crippen LogP contribution >= 0.6 is 11.8 Å². The first-order chi connectivity index (χ1) is 14.3. The molecule has 2 heterocycles. The number of hydrogen-bond donors (Lipinski definition) is 0. The molecule has 4 rings (SSSR count). The van der Waals surface area contributed by atoms with Crippen molar-refractivity contribution < 1.29 is 9.53 Å². The maximum absolute atomic E-state index is 13.1. The third-order valence-corrected chi connectivity index (χ3v) is 5.67. The predicted octanol–water partition coefficient (Wildman–Crippen LogP) is 4.14. The number of rotatable bonds is 5. The molecule has 148 valence electrons. The summed E-state index contributed by atoms with van der Waals surface area (Å²) in [6.07, 6.45) is 5.80. The monoisotopic (exact) mass is 405 g/mol. The van der Waals surface area contributed by atoms with Crippen molar-refractivity contribution in [1.82, 2.24) is 9.80 Å². The van der Waals surface area contributed by atoms with E-state index in [1.807, 2.05) is 78.9 Å². The smallest absolute Gasteiger partial charge is 0.267 e. The first kappa shape index (κ1) is 19.6. The minimum absolute atomic E-state index is 0.00566. The molecule has 0 radical (unpaired) electrons. The molecule has 5 nitrogen and oxygen atoms in total. The van der Waals surface area contributed by atoms with Crippen LogP contribution in [0.3, 0.4) is 0 Å². The number of amides is 1. The Morgan fingerprint density at radius 1 is 1.00 bits per heavy atom. The van der Waals surface area contributed by atoms with Gasteiger partial charge in [-0.1, -0.05) is 60.7 Å². The molecule has 2 saturated heterocycles. The molecule has 2 aliphatic rings. The normalized spacial score (nSPS) is 21.0. The van der Waals surface area contributed by atoms with Crippen molar-refractivity contribution >= 4 is 34.6 Å². The number of morpholine rings is 1. The van der Waals surface area contributed by atoms with Crippen LogP contribution in [-0.2, 0) is 9.53 Å². The van der Waals surface area contributed by atoms with Gasteiger partial charge in [-0.15, -0.1) is 0 Å². The zero-order valence-electron chi connectivity index (χ0n) is 16.1. The Kier molecular flexibility index (Phi) is 6.56. The Morgan fingerprint density at radius 3 is 2.41 bits per heavy atom. The van der Waals surface area contributed by atoms with Gasteiger partial charge in [0.05, 0.1) is 30.5 Å². The van der Waals surface area contributed by atoms with Gasteiger partial charge in [0, 0.05) is 13.1 Å². The van der Waals surface area contributed by atoms with Crippen LogP contribution in [0.5, 0.6) is 0 Å². The molecular weight excluding hydrogens is 382 g/mol.